The Morgan fingerprint density at radius 3 is 2.73 bits per heavy atom. The van der Waals surface area contributed by atoms with Crippen molar-refractivity contribution in [3.05, 3.63) is 5.69 Å². The fourth-order valence-electron chi connectivity index (χ4n) is 2.02. The van der Waals surface area contributed by atoms with Gasteiger partial charge in [0, 0.05) is 12.8 Å². The highest BCUT2D eigenvalue weighted by Crippen LogP contribution is 2.36. The van der Waals surface area contributed by atoms with E-state index in [0.29, 0.717) is 11.8 Å². The smallest absolute Gasteiger partial charge is 0.309 e. The number of rotatable bonds is 2. The zero-order valence-corrected chi connectivity index (χ0v) is 9.55. The summed E-state index contributed by atoms with van der Waals surface area (Å²) in [5.41, 5.74) is 0.884. The van der Waals surface area contributed by atoms with Crippen molar-refractivity contribution in [2.24, 2.45) is 0 Å². The average Bonchev–Trinajstić information content (AvgIpc) is 2.66. The first kappa shape index (κ1) is 10.5. The average molecular weight is 226 g/mol. The van der Waals surface area contributed by atoms with Gasteiger partial charge in [-0.25, -0.2) is 0 Å². The standard InChI is InChI=1S/C10H14N2O2S/c1-7(13)14-10-9(11-15-12-10)8-5-3-2-4-6-8/h8H,2-6H2,1H3. The van der Waals surface area contributed by atoms with Gasteiger partial charge in [0.2, 0.25) is 0 Å². The Bertz CT molecular complexity index is 345. The van der Waals surface area contributed by atoms with Crippen LogP contribution >= 0.6 is 11.7 Å². The van der Waals surface area contributed by atoms with Gasteiger partial charge in [0.1, 0.15) is 5.69 Å². The van der Waals surface area contributed by atoms with Crippen LogP contribution in [-0.2, 0) is 4.79 Å². The molecule has 1 aliphatic carbocycles. The van der Waals surface area contributed by atoms with Gasteiger partial charge in [-0.15, -0.1) is 4.37 Å². The minimum absolute atomic E-state index is 0.320. The molecule has 0 spiro atoms. The summed E-state index contributed by atoms with van der Waals surface area (Å²) in [7, 11) is 0. The van der Waals surface area contributed by atoms with Crippen molar-refractivity contribution in [2.75, 3.05) is 0 Å². The Kier molecular flexibility index (Phi) is 3.30. The van der Waals surface area contributed by atoms with Gasteiger partial charge in [-0.05, 0) is 12.8 Å². The van der Waals surface area contributed by atoms with Crippen LogP contribution in [0.1, 0.15) is 50.6 Å². The van der Waals surface area contributed by atoms with Crippen LogP contribution < -0.4 is 4.74 Å². The molecule has 0 saturated heterocycles. The van der Waals surface area contributed by atoms with E-state index in [4.69, 9.17) is 4.74 Å². The molecule has 1 aliphatic rings. The van der Waals surface area contributed by atoms with Crippen molar-refractivity contribution in [1.82, 2.24) is 8.75 Å². The molecule has 82 valence electrons. The van der Waals surface area contributed by atoms with E-state index in [1.807, 2.05) is 0 Å². The van der Waals surface area contributed by atoms with E-state index in [1.165, 1.54) is 26.2 Å². The van der Waals surface area contributed by atoms with E-state index in [2.05, 4.69) is 8.75 Å². The number of carbonyl (C=O) groups is 1. The van der Waals surface area contributed by atoms with Crippen molar-refractivity contribution in [3.63, 3.8) is 0 Å². The third kappa shape index (κ3) is 2.53. The second-order valence-electron chi connectivity index (χ2n) is 3.88. The summed E-state index contributed by atoms with van der Waals surface area (Å²) >= 11 is 1.12. The number of hydrogen-bond donors (Lipinski definition) is 0. The minimum Gasteiger partial charge on any atom is -0.405 e. The van der Waals surface area contributed by atoms with E-state index in [9.17, 15) is 4.79 Å². The number of hydrogen-bond acceptors (Lipinski definition) is 5. The van der Waals surface area contributed by atoms with Crippen molar-refractivity contribution >= 4 is 17.7 Å². The second-order valence-corrected chi connectivity index (χ2v) is 4.41. The maximum absolute atomic E-state index is 10.9. The van der Waals surface area contributed by atoms with Crippen LogP contribution in [0.3, 0.4) is 0 Å². The quantitative estimate of drug-likeness (QED) is 0.727. The molecule has 0 N–H and O–H groups in total. The zero-order valence-electron chi connectivity index (χ0n) is 8.73. The van der Waals surface area contributed by atoms with E-state index < -0.39 is 0 Å². The molecule has 0 bridgehead atoms. The van der Waals surface area contributed by atoms with E-state index in [-0.39, 0.29) is 5.97 Å². The normalized spacial score (nSPS) is 17.7. The largest absolute Gasteiger partial charge is 0.405 e. The maximum Gasteiger partial charge on any atom is 0.309 e. The molecular formula is C10H14N2O2S. The summed E-state index contributed by atoms with van der Waals surface area (Å²) < 4.78 is 13.3. The lowest BCUT2D eigenvalue weighted by Gasteiger charge is -2.19. The molecule has 1 fully saturated rings. The van der Waals surface area contributed by atoms with Gasteiger partial charge in [-0.2, -0.15) is 4.37 Å². The zero-order chi connectivity index (χ0) is 10.7. The molecule has 0 radical (unpaired) electrons. The molecule has 0 atom stereocenters. The van der Waals surface area contributed by atoms with Crippen LogP contribution in [-0.4, -0.2) is 14.7 Å². The van der Waals surface area contributed by atoms with Gasteiger partial charge < -0.3 is 4.74 Å². The van der Waals surface area contributed by atoms with Crippen LogP contribution in [0, 0.1) is 0 Å². The summed E-state index contributed by atoms with van der Waals surface area (Å²) in [4.78, 5) is 10.9. The van der Waals surface area contributed by atoms with Crippen molar-refractivity contribution in [1.29, 1.82) is 0 Å². The molecule has 0 aromatic carbocycles. The number of nitrogens with zero attached hydrogens (tertiary/aromatic N) is 2. The molecule has 1 aromatic heterocycles. The Hall–Kier alpha value is -0.970. The van der Waals surface area contributed by atoms with Gasteiger partial charge in [0.15, 0.2) is 0 Å². The third-order valence-corrected chi connectivity index (χ3v) is 3.24. The number of carbonyl (C=O) groups excluding carboxylic acids is 1. The van der Waals surface area contributed by atoms with Crippen LogP contribution in [0.4, 0.5) is 0 Å². The number of ether oxygens (including phenoxy) is 1. The number of esters is 1. The second kappa shape index (κ2) is 4.70. The topological polar surface area (TPSA) is 52.1 Å². The molecule has 1 aromatic rings. The highest BCUT2D eigenvalue weighted by Gasteiger charge is 2.23. The monoisotopic (exact) mass is 226 g/mol. The lowest BCUT2D eigenvalue weighted by molar-refractivity contribution is -0.132. The summed E-state index contributed by atoms with van der Waals surface area (Å²) in [6.07, 6.45) is 6.06. The molecule has 4 nitrogen and oxygen atoms in total. The SMILES string of the molecule is CC(=O)Oc1nsnc1C1CCCCC1. The number of aromatic nitrogens is 2. The first-order valence-electron chi connectivity index (χ1n) is 5.28. The third-order valence-electron chi connectivity index (χ3n) is 2.71. The highest BCUT2D eigenvalue weighted by atomic mass is 32.1. The molecule has 2 rings (SSSR count). The molecule has 0 amide bonds. The predicted molar refractivity (Wildman–Crippen MR) is 57.0 cm³/mol. The lowest BCUT2D eigenvalue weighted by atomic mass is 9.87. The first-order valence-corrected chi connectivity index (χ1v) is 6.01. The van der Waals surface area contributed by atoms with Gasteiger partial charge in [0.25, 0.3) is 5.88 Å². The van der Waals surface area contributed by atoms with Crippen molar-refractivity contribution in [2.45, 2.75) is 44.9 Å². The highest BCUT2D eigenvalue weighted by molar-refractivity contribution is 6.99. The molecule has 15 heavy (non-hydrogen) atoms. The van der Waals surface area contributed by atoms with Crippen LogP contribution in [0.25, 0.3) is 0 Å². The van der Waals surface area contributed by atoms with Crippen molar-refractivity contribution < 1.29 is 9.53 Å². The molecule has 1 saturated carbocycles. The van der Waals surface area contributed by atoms with Gasteiger partial charge in [-0.3, -0.25) is 4.79 Å². The summed E-state index contributed by atoms with van der Waals surface area (Å²) in [5, 5.41) is 0. The Morgan fingerprint density at radius 1 is 1.33 bits per heavy atom. The summed E-state index contributed by atoms with van der Waals surface area (Å²) in [5.74, 6) is 0.547. The lowest BCUT2D eigenvalue weighted by Crippen LogP contribution is -2.09. The molecular weight excluding hydrogens is 212 g/mol. The van der Waals surface area contributed by atoms with Gasteiger partial charge in [-0.1, -0.05) is 19.3 Å². The molecule has 5 heteroatoms. The van der Waals surface area contributed by atoms with E-state index >= 15 is 0 Å². The Balaban J connectivity index is 2.12. The van der Waals surface area contributed by atoms with Crippen LogP contribution in [0.15, 0.2) is 0 Å². The van der Waals surface area contributed by atoms with Gasteiger partial charge in [0.05, 0.1) is 11.7 Å². The van der Waals surface area contributed by atoms with Crippen molar-refractivity contribution in [3.8, 4) is 5.88 Å². The predicted octanol–water partition coefficient (Wildman–Crippen LogP) is 2.51. The van der Waals surface area contributed by atoms with Crippen LogP contribution in [0.5, 0.6) is 5.88 Å². The molecule has 0 aliphatic heterocycles. The molecule has 0 unspecified atom stereocenters. The first-order chi connectivity index (χ1) is 7.27. The van der Waals surface area contributed by atoms with Crippen LogP contribution in [0.2, 0.25) is 0 Å². The van der Waals surface area contributed by atoms with E-state index in [0.717, 1.165) is 30.3 Å². The minimum atomic E-state index is -0.320. The fraction of sp³-hybridized carbons (Fsp3) is 0.700. The van der Waals surface area contributed by atoms with E-state index in [1.54, 1.807) is 0 Å². The summed E-state index contributed by atoms with van der Waals surface area (Å²) in [6, 6.07) is 0. The Morgan fingerprint density at radius 2 is 2.07 bits per heavy atom. The molecule has 1 heterocycles. The van der Waals surface area contributed by atoms with Gasteiger partial charge >= 0.3 is 5.97 Å². The Labute approximate surface area is 93.0 Å². The fourth-order valence-corrected chi connectivity index (χ4v) is 2.58. The maximum atomic E-state index is 10.9. The summed E-state index contributed by atoms with van der Waals surface area (Å²) in [6.45, 7) is 1.39.